The van der Waals surface area contributed by atoms with Gasteiger partial charge in [-0.1, -0.05) is 17.7 Å². The first-order chi connectivity index (χ1) is 10.6. The lowest BCUT2D eigenvalue weighted by molar-refractivity contribution is -0.667. The number of fused-ring (bicyclic) bond motifs is 3. The summed E-state index contributed by atoms with van der Waals surface area (Å²) in [6.07, 6.45) is 4.70. The van der Waals surface area contributed by atoms with Crippen molar-refractivity contribution in [2.24, 2.45) is 7.05 Å². The van der Waals surface area contributed by atoms with E-state index >= 15 is 0 Å². The number of aryl methyl sites for hydroxylation is 2. The van der Waals surface area contributed by atoms with E-state index in [4.69, 9.17) is 4.98 Å². The Kier molecular flexibility index (Phi) is 2.83. The van der Waals surface area contributed by atoms with Crippen molar-refractivity contribution in [2.45, 2.75) is 20.3 Å². The average molecular weight is 288 g/mol. The van der Waals surface area contributed by atoms with Gasteiger partial charge < -0.3 is 0 Å². The summed E-state index contributed by atoms with van der Waals surface area (Å²) < 4.78 is 2.27. The third-order valence-electron chi connectivity index (χ3n) is 4.50. The standard InChI is InChI=1S/C19H18N3/c1-12-6-7-13(2)15(9-12)18-11-21-19-14-5-4-8-20-16(14)10-17(19)22(18)3/h4-9,11H,10H2,1-3H3/q+1. The molecule has 0 N–H and O–H groups in total. The van der Waals surface area contributed by atoms with E-state index in [1.165, 1.54) is 27.9 Å². The monoisotopic (exact) mass is 288 g/mol. The van der Waals surface area contributed by atoms with Crippen LogP contribution < -0.4 is 4.57 Å². The molecule has 2 aromatic heterocycles. The number of hydrogen-bond donors (Lipinski definition) is 0. The average Bonchev–Trinajstić information content (AvgIpc) is 2.90. The highest BCUT2D eigenvalue weighted by molar-refractivity contribution is 5.70. The van der Waals surface area contributed by atoms with E-state index in [0.717, 1.165) is 23.5 Å². The zero-order valence-electron chi connectivity index (χ0n) is 13.1. The van der Waals surface area contributed by atoms with Gasteiger partial charge in [-0.3, -0.25) is 4.98 Å². The molecule has 3 heteroatoms. The molecule has 108 valence electrons. The minimum Gasteiger partial charge on any atom is -0.260 e. The fourth-order valence-corrected chi connectivity index (χ4v) is 3.23. The van der Waals surface area contributed by atoms with Gasteiger partial charge in [-0.2, -0.15) is 4.57 Å². The van der Waals surface area contributed by atoms with E-state index < -0.39 is 0 Å². The molecule has 1 aromatic carbocycles. The Morgan fingerprint density at radius 1 is 1.05 bits per heavy atom. The minimum atomic E-state index is 0.855. The SMILES string of the molecule is Cc1ccc(C)c(-c2cnc3c([n+]2C)Cc2ncccc2-3)c1. The van der Waals surface area contributed by atoms with Crippen molar-refractivity contribution >= 4 is 0 Å². The first-order valence-electron chi connectivity index (χ1n) is 7.55. The van der Waals surface area contributed by atoms with Gasteiger partial charge in [-0.05, 0) is 37.6 Å². The fraction of sp³-hybridized carbons (Fsp3) is 0.211. The lowest BCUT2D eigenvalue weighted by atomic mass is 10.0. The molecule has 0 spiro atoms. The van der Waals surface area contributed by atoms with Crippen LogP contribution in [0, 0.1) is 13.8 Å². The van der Waals surface area contributed by atoms with Gasteiger partial charge >= 0.3 is 0 Å². The Morgan fingerprint density at radius 3 is 2.77 bits per heavy atom. The summed E-state index contributed by atoms with van der Waals surface area (Å²) in [5.74, 6) is 0. The van der Waals surface area contributed by atoms with Crippen LogP contribution in [-0.4, -0.2) is 9.97 Å². The van der Waals surface area contributed by atoms with Crippen LogP contribution in [-0.2, 0) is 13.5 Å². The maximum Gasteiger partial charge on any atom is 0.231 e. The molecule has 4 rings (SSSR count). The molecule has 0 saturated heterocycles. The Balaban J connectivity index is 1.92. The summed E-state index contributed by atoms with van der Waals surface area (Å²) >= 11 is 0. The Morgan fingerprint density at radius 2 is 1.91 bits per heavy atom. The van der Waals surface area contributed by atoms with E-state index in [1.807, 2.05) is 18.5 Å². The van der Waals surface area contributed by atoms with Crippen LogP contribution in [0.5, 0.6) is 0 Å². The number of benzene rings is 1. The second kappa shape index (κ2) is 4.73. The Hall–Kier alpha value is -2.55. The van der Waals surface area contributed by atoms with Gasteiger partial charge in [0, 0.05) is 11.8 Å². The van der Waals surface area contributed by atoms with E-state index in [2.05, 4.69) is 54.7 Å². The van der Waals surface area contributed by atoms with Crippen molar-refractivity contribution in [1.29, 1.82) is 0 Å². The first kappa shape index (κ1) is 13.1. The van der Waals surface area contributed by atoms with Crippen LogP contribution in [0.1, 0.15) is 22.5 Å². The van der Waals surface area contributed by atoms with Crippen LogP contribution in [0.4, 0.5) is 0 Å². The van der Waals surface area contributed by atoms with Crippen molar-refractivity contribution in [2.75, 3.05) is 0 Å². The summed E-state index contributed by atoms with van der Waals surface area (Å²) in [7, 11) is 2.13. The van der Waals surface area contributed by atoms with Gasteiger partial charge in [0.05, 0.1) is 17.7 Å². The zero-order valence-corrected chi connectivity index (χ0v) is 13.1. The molecular weight excluding hydrogens is 270 g/mol. The molecule has 0 atom stereocenters. The second-order valence-corrected chi connectivity index (χ2v) is 5.99. The van der Waals surface area contributed by atoms with Crippen molar-refractivity contribution in [3.05, 3.63) is 65.2 Å². The number of nitrogens with zero attached hydrogens (tertiary/aromatic N) is 3. The first-order valence-corrected chi connectivity index (χ1v) is 7.55. The molecule has 0 fully saturated rings. The number of hydrogen-bond acceptors (Lipinski definition) is 2. The quantitative estimate of drug-likeness (QED) is 0.504. The molecule has 0 amide bonds. The molecule has 0 radical (unpaired) electrons. The van der Waals surface area contributed by atoms with Crippen LogP contribution in [0.2, 0.25) is 0 Å². The third kappa shape index (κ3) is 1.86. The van der Waals surface area contributed by atoms with Crippen LogP contribution >= 0.6 is 0 Å². The van der Waals surface area contributed by atoms with Crippen molar-refractivity contribution in [3.63, 3.8) is 0 Å². The Bertz CT molecular complexity index is 897. The summed E-state index contributed by atoms with van der Waals surface area (Å²) in [5.41, 5.74) is 9.56. The van der Waals surface area contributed by atoms with Crippen LogP contribution in [0.15, 0.2) is 42.7 Å². The summed E-state index contributed by atoms with van der Waals surface area (Å²) in [5, 5.41) is 0. The second-order valence-electron chi connectivity index (χ2n) is 5.99. The maximum atomic E-state index is 4.75. The van der Waals surface area contributed by atoms with Gasteiger partial charge in [-0.15, -0.1) is 0 Å². The van der Waals surface area contributed by atoms with E-state index in [0.29, 0.717) is 0 Å². The molecule has 0 bridgehead atoms. The van der Waals surface area contributed by atoms with Crippen LogP contribution in [0.25, 0.3) is 22.5 Å². The largest absolute Gasteiger partial charge is 0.260 e. The lowest BCUT2D eigenvalue weighted by Crippen LogP contribution is -2.36. The molecule has 0 saturated carbocycles. The van der Waals surface area contributed by atoms with Gasteiger partial charge in [-0.25, -0.2) is 4.98 Å². The number of aromatic nitrogens is 3. The summed E-state index contributed by atoms with van der Waals surface area (Å²) in [6.45, 7) is 4.28. The summed E-state index contributed by atoms with van der Waals surface area (Å²) in [4.78, 5) is 9.24. The predicted octanol–water partition coefficient (Wildman–Crippen LogP) is 3.16. The molecule has 0 aliphatic heterocycles. The molecule has 1 aliphatic carbocycles. The number of rotatable bonds is 1. The van der Waals surface area contributed by atoms with Gasteiger partial charge in [0.2, 0.25) is 11.4 Å². The van der Waals surface area contributed by atoms with Gasteiger partial charge in [0.15, 0.2) is 0 Å². The smallest absolute Gasteiger partial charge is 0.231 e. The lowest BCUT2D eigenvalue weighted by Gasteiger charge is -2.07. The fourth-order valence-electron chi connectivity index (χ4n) is 3.23. The van der Waals surface area contributed by atoms with Crippen molar-refractivity contribution < 1.29 is 4.57 Å². The van der Waals surface area contributed by atoms with Crippen molar-refractivity contribution in [3.8, 4) is 22.5 Å². The van der Waals surface area contributed by atoms with Gasteiger partial charge in [0.25, 0.3) is 0 Å². The summed E-state index contributed by atoms with van der Waals surface area (Å²) in [6, 6.07) is 10.7. The molecule has 2 heterocycles. The van der Waals surface area contributed by atoms with Gasteiger partial charge in [0.1, 0.15) is 18.9 Å². The molecule has 3 nitrogen and oxygen atoms in total. The molecule has 0 unspecified atom stereocenters. The number of pyridine rings is 1. The predicted molar refractivity (Wildman–Crippen MR) is 86.4 cm³/mol. The zero-order chi connectivity index (χ0) is 15.3. The third-order valence-corrected chi connectivity index (χ3v) is 4.50. The molecule has 22 heavy (non-hydrogen) atoms. The normalized spacial score (nSPS) is 12.1. The van der Waals surface area contributed by atoms with Crippen molar-refractivity contribution in [1.82, 2.24) is 9.97 Å². The highest BCUT2D eigenvalue weighted by Gasteiger charge is 2.30. The molecular formula is C19H18N3+. The Labute approximate surface area is 130 Å². The highest BCUT2D eigenvalue weighted by atomic mass is 15.0. The molecule has 3 aromatic rings. The topological polar surface area (TPSA) is 29.7 Å². The maximum absolute atomic E-state index is 4.75. The van der Waals surface area contributed by atoms with E-state index in [1.54, 1.807) is 0 Å². The minimum absolute atomic E-state index is 0.855. The van der Waals surface area contributed by atoms with Crippen LogP contribution in [0.3, 0.4) is 0 Å². The van der Waals surface area contributed by atoms with E-state index in [-0.39, 0.29) is 0 Å². The highest BCUT2D eigenvalue weighted by Crippen LogP contribution is 2.32. The van der Waals surface area contributed by atoms with E-state index in [9.17, 15) is 0 Å². The molecule has 1 aliphatic rings.